The molecule has 0 aliphatic rings. The number of nitrogens with one attached hydrogen (secondary N) is 1. The molecule has 0 bridgehead atoms. The van der Waals surface area contributed by atoms with Gasteiger partial charge in [-0.25, -0.2) is 0 Å². The fourth-order valence-corrected chi connectivity index (χ4v) is 3.57. The Balaban J connectivity index is 1.78. The van der Waals surface area contributed by atoms with Gasteiger partial charge < -0.3 is 15.0 Å². The molecule has 0 radical (unpaired) electrons. The average Bonchev–Trinajstić information content (AvgIpc) is 2.79. The predicted octanol–water partition coefficient (Wildman–Crippen LogP) is 4.82. The molecule has 1 N–H and O–H groups in total. The Morgan fingerprint density at radius 3 is 2.58 bits per heavy atom. The van der Waals surface area contributed by atoms with Gasteiger partial charge in [-0.1, -0.05) is 67.1 Å². The lowest BCUT2D eigenvalue weighted by atomic mass is 10.1. The first-order chi connectivity index (χ1) is 15.0. The molecule has 0 heterocycles. The first-order valence-corrected chi connectivity index (χ1v) is 10.8. The van der Waals surface area contributed by atoms with Gasteiger partial charge in [0, 0.05) is 23.5 Å². The molecule has 0 saturated heterocycles. The zero-order chi connectivity index (χ0) is 22.2. The minimum absolute atomic E-state index is 0.167. The third kappa shape index (κ3) is 5.98. The van der Waals surface area contributed by atoms with Gasteiger partial charge in [-0.3, -0.25) is 9.59 Å². The van der Waals surface area contributed by atoms with Crippen molar-refractivity contribution < 1.29 is 14.3 Å². The lowest BCUT2D eigenvalue weighted by Gasteiger charge is -2.29. The molecule has 0 aromatic heterocycles. The molecule has 0 spiro atoms. The van der Waals surface area contributed by atoms with Crippen molar-refractivity contribution in [1.82, 2.24) is 10.2 Å². The summed E-state index contributed by atoms with van der Waals surface area (Å²) in [4.78, 5) is 27.3. The summed E-state index contributed by atoms with van der Waals surface area (Å²) >= 11 is 6.11. The fraction of sp³-hybridized carbons (Fsp3) is 0.280. The van der Waals surface area contributed by atoms with Gasteiger partial charge in [0.1, 0.15) is 11.8 Å². The second kappa shape index (κ2) is 10.8. The van der Waals surface area contributed by atoms with Crippen LogP contribution in [0.5, 0.6) is 5.75 Å². The first-order valence-electron chi connectivity index (χ1n) is 10.4. The van der Waals surface area contributed by atoms with Crippen LogP contribution in [0.15, 0.2) is 66.7 Å². The van der Waals surface area contributed by atoms with Crippen LogP contribution in [0.4, 0.5) is 0 Å². The molecule has 6 heteroatoms. The summed E-state index contributed by atoms with van der Waals surface area (Å²) in [7, 11) is 0. The van der Waals surface area contributed by atoms with E-state index in [1.807, 2.05) is 61.5 Å². The molecule has 0 saturated carbocycles. The zero-order valence-corrected chi connectivity index (χ0v) is 18.6. The molecule has 0 fully saturated rings. The van der Waals surface area contributed by atoms with E-state index in [9.17, 15) is 9.59 Å². The number of halogens is 1. The number of amides is 2. The summed E-state index contributed by atoms with van der Waals surface area (Å²) in [6, 6.07) is 20.2. The highest BCUT2D eigenvalue weighted by Crippen LogP contribution is 2.25. The third-order valence-electron chi connectivity index (χ3n) is 5.06. The molecular weight excluding hydrogens is 412 g/mol. The van der Waals surface area contributed by atoms with Gasteiger partial charge in [0.15, 0.2) is 6.61 Å². The monoisotopic (exact) mass is 438 g/mol. The first kappa shape index (κ1) is 22.6. The Bertz CT molecular complexity index is 1050. The van der Waals surface area contributed by atoms with Crippen molar-refractivity contribution in [2.45, 2.75) is 32.9 Å². The van der Waals surface area contributed by atoms with E-state index in [0.29, 0.717) is 17.3 Å². The molecule has 3 rings (SSSR count). The van der Waals surface area contributed by atoms with Crippen molar-refractivity contribution in [1.29, 1.82) is 0 Å². The Morgan fingerprint density at radius 1 is 1.06 bits per heavy atom. The van der Waals surface area contributed by atoms with Crippen LogP contribution in [0.2, 0.25) is 5.02 Å². The van der Waals surface area contributed by atoms with Crippen molar-refractivity contribution in [3.63, 3.8) is 0 Å². The number of rotatable bonds is 9. The fourth-order valence-electron chi connectivity index (χ4n) is 3.35. The molecule has 0 aliphatic heterocycles. The molecule has 0 unspecified atom stereocenters. The van der Waals surface area contributed by atoms with Crippen molar-refractivity contribution in [3.05, 3.63) is 77.3 Å². The van der Waals surface area contributed by atoms with E-state index < -0.39 is 6.04 Å². The van der Waals surface area contributed by atoms with Crippen LogP contribution in [0.25, 0.3) is 10.8 Å². The molecule has 1 atom stereocenters. The van der Waals surface area contributed by atoms with Gasteiger partial charge in [-0.05, 0) is 42.5 Å². The smallest absolute Gasteiger partial charge is 0.261 e. The van der Waals surface area contributed by atoms with Crippen LogP contribution in [-0.2, 0) is 16.1 Å². The summed E-state index contributed by atoms with van der Waals surface area (Å²) in [5.41, 5.74) is 0.848. The van der Waals surface area contributed by atoms with Gasteiger partial charge in [0.2, 0.25) is 5.91 Å². The molecule has 3 aromatic rings. The van der Waals surface area contributed by atoms with Crippen LogP contribution in [0, 0.1) is 0 Å². The quantitative estimate of drug-likeness (QED) is 0.521. The molecule has 5 nitrogen and oxygen atoms in total. The number of benzene rings is 3. The van der Waals surface area contributed by atoms with Gasteiger partial charge in [0.05, 0.1) is 0 Å². The lowest BCUT2D eigenvalue weighted by Crippen LogP contribution is -2.49. The molecule has 0 aliphatic carbocycles. The van der Waals surface area contributed by atoms with Gasteiger partial charge >= 0.3 is 0 Å². The van der Waals surface area contributed by atoms with E-state index in [0.717, 1.165) is 22.8 Å². The number of fused-ring (bicyclic) bond motifs is 1. The van der Waals surface area contributed by atoms with Crippen LogP contribution in [-0.4, -0.2) is 35.9 Å². The zero-order valence-electron chi connectivity index (χ0n) is 17.8. The van der Waals surface area contributed by atoms with Crippen LogP contribution in [0.1, 0.15) is 25.8 Å². The standard InChI is InChI=1S/C25H27ClN2O3/c1-3-14-27-25(30)18(2)28(16-19-8-6-11-21(26)15-19)24(29)17-31-23-13-7-10-20-9-4-5-12-22(20)23/h4-13,15,18H,3,14,16-17H2,1-2H3,(H,27,30)/t18-/m0/s1. The summed E-state index contributed by atoms with van der Waals surface area (Å²) < 4.78 is 5.89. The number of hydrogen-bond donors (Lipinski definition) is 1. The normalized spacial score (nSPS) is 11.7. The minimum atomic E-state index is -0.644. The van der Waals surface area contributed by atoms with Gasteiger partial charge in [0.25, 0.3) is 5.91 Å². The highest BCUT2D eigenvalue weighted by molar-refractivity contribution is 6.30. The lowest BCUT2D eigenvalue weighted by molar-refractivity contribution is -0.142. The summed E-state index contributed by atoms with van der Waals surface area (Å²) in [6.45, 7) is 4.37. The number of nitrogens with zero attached hydrogens (tertiary/aromatic N) is 1. The average molecular weight is 439 g/mol. The van der Waals surface area contributed by atoms with E-state index in [2.05, 4.69) is 5.32 Å². The van der Waals surface area contributed by atoms with E-state index in [4.69, 9.17) is 16.3 Å². The van der Waals surface area contributed by atoms with Crippen molar-refractivity contribution in [3.8, 4) is 5.75 Å². The number of hydrogen-bond acceptors (Lipinski definition) is 3. The molecule has 162 valence electrons. The summed E-state index contributed by atoms with van der Waals surface area (Å²) in [5.74, 6) is 0.173. The second-order valence-corrected chi connectivity index (χ2v) is 7.82. The Labute approximate surface area is 188 Å². The number of carbonyl (C=O) groups excluding carboxylic acids is 2. The molecule has 2 amide bonds. The SMILES string of the molecule is CCCNC(=O)[C@H](C)N(Cc1cccc(Cl)c1)C(=O)COc1cccc2ccccc12. The van der Waals surface area contributed by atoms with Crippen LogP contribution < -0.4 is 10.1 Å². The summed E-state index contributed by atoms with van der Waals surface area (Å²) in [5, 5.41) is 5.42. The maximum Gasteiger partial charge on any atom is 0.261 e. The molecular formula is C25H27ClN2O3. The molecule has 3 aromatic carbocycles. The van der Waals surface area contributed by atoms with E-state index in [-0.39, 0.29) is 25.0 Å². The van der Waals surface area contributed by atoms with Gasteiger partial charge in [-0.15, -0.1) is 0 Å². The maximum atomic E-state index is 13.1. The topological polar surface area (TPSA) is 58.6 Å². The van der Waals surface area contributed by atoms with Crippen molar-refractivity contribution in [2.24, 2.45) is 0 Å². The third-order valence-corrected chi connectivity index (χ3v) is 5.29. The highest BCUT2D eigenvalue weighted by Gasteiger charge is 2.26. The second-order valence-electron chi connectivity index (χ2n) is 7.38. The van der Waals surface area contributed by atoms with Gasteiger partial charge in [-0.2, -0.15) is 0 Å². The van der Waals surface area contributed by atoms with E-state index in [1.54, 1.807) is 19.1 Å². The van der Waals surface area contributed by atoms with E-state index >= 15 is 0 Å². The van der Waals surface area contributed by atoms with Crippen molar-refractivity contribution in [2.75, 3.05) is 13.2 Å². The largest absolute Gasteiger partial charge is 0.483 e. The van der Waals surface area contributed by atoms with E-state index in [1.165, 1.54) is 4.90 Å². The highest BCUT2D eigenvalue weighted by atomic mass is 35.5. The maximum absolute atomic E-state index is 13.1. The van der Waals surface area contributed by atoms with Crippen LogP contribution in [0.3, 0.4) is 0 Å². The molecule has 31 heavy (non-hydrogen) atoms. The van der Waals surface area contributed by atoms with Crippen LogP contribution >= 0.6 is 11.6 Å². The minimum Gasteiger partial charge on any atom is -0.483 e. The van der Waals surface area contributed by atoms with Crippen molar-refractivity contribution >= 4 is 34.2 Å². The number of ether oxygens (including phenoxy) is 1. The summed E-state index contributed by atoms with van der Waals surface area (Å²) in [6.07, 6.45) is 0.824. The Kier molecular flexibility index (Phi) is 7.90. The Morgan fingerprint density at radius 2 is 1.81 bits per heavy atom. The predicted molar refractivity (Wildman–Crippen MR) is 124 cm³/mol. The Hall–Kier alpha value is -3.05. The number of carbonyl (C=O) groups is 2.